The summed E-state index contributed by atoms with van der Waals surface area (Å²) in [6.45, 7) is 4.20. The highest BCUT2D eigenvalue weighted by atomic mass is 32.1. The van der Waals surface area contributed by atoms with Crippen molar-refractivity contribution in [2.45, 2.75) is 25.9 Å². The molecular weight excluding hydrogens is 256 g/mol. The van der Waals surface area contributed by atoms with Crippen LogP contribution in [0.4, 0.5) is 0 Å². The van der Waals surface area contributed by atoms with Crippen LogP contribution in [0.3, 0.4) is 0 Å². The smallest absolute Gasteiger partial charge is 0.114 e. The van der Waals surface area contributed by atoms with E-state index in [2.05, 4.69) is 28.5 Å². The molecule has 0 amide bonds. The number of piperidine rings is 1. The molecule has 0 bridgehead atoms. The molecule has 2 saturated heterocycles. The SMILES string of the molecule is C1=CCC2C(=C1)OC1CNCCC12.Cc1nccs1. The topological polar surface area (TPSA) is 34.1 Å². The first-order valence-electron chi connectivity index (χ1n) is 6.95. The zero-order chi connectivity index (χ0) is 13.1. The lowest BCUT2D eigenvalue weighted by molar-refractivity contribution is 0.108. The predicted octanol–water partition coefficient (Wildman–Crippen LogP) is 2.91. The minimum atomic E-state index is 0.449. The second-order valence-electron chi connectivity index (χ2n) is 5.20. The number of hydrogen-bond donors (Lipinski definition) is 1. The van der Waals surface area contributed by atoms with Gasteiger partial charge in [-0.1, -0.05) is 12.2 Å². The summed E-state index contributed by atoms with van der Waals surface area (Å²) in [6.07, 6.45) is 11.3. The number of hydrogen-bond acceptors (Lipinski definition) is 4. The Balaban J connectivity index is 0.000000155. The minimum absolute atomic E-state index is 0.449. The van der Waals surface area contributed by atoms with Crippen molar-refractivity contribution >= 4 is 11.3 Å². The van der Waals surface area contributed by atoms with E-state index in [4.69, 9.17) is 4.74 Å². The fourth-order valence-corrected chi connectivity index (χ4v) is 3.49. The van der Waals surface area contributed by atoms with Crippen molar-refractivity contribution in [1.29, 1.82) is 0 Å². The monoisotopic (exact) mass is 276 g/mol. The molecule has 1 N–H and O–H groups in total. The van der Waals surface area contributed by atoms with E-state index in [0.717, 1.165) is 24.0 Å². The van der Waals surface area contributed by atoms with E-state index in [0.29, 0.717) is 12.0 Å². The Labute approximate surface area is 118 Å². The third-order valence-electron chi connectivity index (χ3n) is 3.99. The molecule has 0 radical (unpaired) electrons. The van der Waals surface area contributed by atoms with Crippen LogP contribution in [0.2, 0.25) is 0 Å². The van der Waals surface area contributed by atoms with Gasteiger partial charge in [0.25, 0.3) is 0 Å². The molecule has 2 aliphatic heterocycles. The Morgan fingerprint density at radius 3 is 3.16 bits per heavy atom. The molecule has 3 nitrogen and oxygen atoms in total. The van der Waals surface area contributed by atoms with E-state index in [1.807, 2.05) is 12.3 Å². The maximum absolute atomic E-state index is 5.92. The summed E-state index contributed by atoms with van der Waals surface area (Å²) in [5.74, 6) is 2.70. The largest absolute Gasteiger partial charge is 0.493 e. The van der Waals surface area contributed by atoms with Crippen LogP contribution in [-0.2, 0) is 4.74 Å². The molecule has 0 aromatic carbocycles. The van der Waals surface area contributed by atoms with Gasteiger partial charge in [-0.15, -0.1) is 11.3 Å². The lowest BCUT2D eigenvalue weighted by Gasteiger charge is -2.26. The molecule has 3 aliphatic rings. The molecule has 1 aromatic heterocycles. The number of nitrogens with zero attached hydrogens (tertiary/aromatic N) is 1. The van der Waals surface area contributed by atoms with Gasteiger partial charge in [0.05, 0.1) is 5.01 Å². The summed E-state index contributed by atoms with van der Waals surface area (Å²) in [4.78, 5) is 3.94. The summed E-state index contributed by atoms with van der Waals surface area (Å²) >= 11 is 1.67. The zero-order valence-electron chi connectivity index (χ0n) is 11.2. The van der Waals surface area contributed by atoms with Gasteiger partial charge in [0.2, 0.25) is 0 Å². The average molecular weight is 276 g/mol. The van der Waals surface area contributed by atoms with Gasteiger partial charge in [-0.2, -0.15) is 0 Å². The van der Waals surface area contributed by atoms with Gasteiger partial charge in [-0.3, -0.25) is 4.98 Å². The number of allylic oxidation sites excluding steroid dienone is 4. The first kappa shape index (κ1) is 12.9. The Morgan fingerprint density at radius 1 is 1.47 bits per heavy atom. The Kier molecular flexibility index (Phi) is 3.99. The van der Waals surface area contributed by atoms with Crippen molar-refractivity contribution in [2.75, 3.05) is 13.1 Å². The normalized spacial score (nSPS) is 31.4. The molecule has 3 heterocycles. The van der Waals surface area contributed by atoms with Crippen LogP contribution < -0.4 is 5.32 Å². The van der Waals surface area contributed by atoms with Crippen LogP contribution in [0, 0.1) is 18.8 Å². The third-order valence-corrected chi connectivity index (χ3v) is 4.69. The van der Waals surface area contributed by atoms with Crippen LogP contribution in [0.25, 0.3) is 0 Å². The van der Waals surface area contributed by atoms with Crippen molar-refractivity contribution in [2.24, 2.45) is 11.8 Å². The minimum Gasteiger partial charge on any atom is -0.493 e. The summed E-state index contributed by atoms with van der Waals surface area (Å²) in [5.41, 5.74) is 0. The number of thiazole rings is 1. The average Bonchev–Trinajstić information content (AvgIpc) is 3.06. The van der Waals surface area contributed by atoms with Crippen LogP contribution in [0.5, 0.6) is 0 Å². The number of ether oxygens (including phenoxy) is 1. The van der Waals surface area contributed by atoms with E-state index < -0.39 is 0 Å². The summed E-state index contributed by atoms with van der Waals surface area (Å²) in [5, 5.41) is 6.50. The lowest BCUT2D eigenvalue weighted by Crippen LogP contribution is -2.39. The molecule has 4 rings (SSSR count). The number of fused-ring (bicyclic) bond motifs is 3. The molecule has 3 unspecified atom stereocenters. The molecule has 4 heteroatoms. The third kappa shape index (κ3) is 2.90. The summed E-state index contributed by atoms with van der Waals surface area (Å²) < 4.78 is 5.92. The van der Waals surface area contributed by atoms with Crippen molar-refractivity contribution in [3.05, 3.63) is 40.6 Å². The van der Waals surface area contributed by atoms with Gasteiger partial charge in [-0.25, -0.2) is 0 Å². The van der Waals surface area contributed by atoms with Crippen LogP contribution >= 0.6 is 11.3 Å². The van der Waals surface area contributed by atoms with Crippen molar-refractivity contribution < 1.29 is 4.74 Å². The van der Waals surface area contributed by atoms with Crippen molar-refractivity contribution in [3.8, 4) is 0 Å². The summed E-state index contributed by atoms with van der Waals surface area (Å²) in [7, 11) is 0. The number of aryl methyl sites for hydroxylation is 1. The van der Waals surface area contributed by atoms with Crippen LogP contribution in [0.15, 0.2) is 35.6 Å². The molecule has 102 valence electrons. The molecule has 0 saturated carbocycles. The highest BCUT2D eigenvalue weighted by molar-refractivity contribution is 7.09. The fraction of sp³-hybridized carbons (Fsp3) is 0.533. The van der Waals surface area contributed by atoms with Gasteiger partial charge in [0, 0.05) is 30.0 Å². The van der Waals surface area contributed by atoms with E-state index in [9.17, 15) is 0 Å². The molecule has 0 spiro atoms. The van der Waals surface area contributed by atoms with Gasteiger partial charge in [0.1, 0.15) is 11.9 Å². The maximum atomic E-state index is 5.92. The maximum Gasteiger partial charge on any atom is 0.114 e. The summed E-state index contributed by atoms with van der Waals surface area (Å²) in [6, 6.07) is 0. The first-order chi connectivity index (χ1) is 9.34. The van der Waals surface area contributed by atoms with Gasteiger partial charge >= 0.3 is 0 Å². The Morgan fingerprint density at radius 2 is 2.42 bits per heavy atom. The Bertz CT molecular complexity index is 466. The quantitative estimate of drug-likeness (QED) is 0.791. The van der Waals surface area contributed by atoms with E-state index in [1.165, 1.54) is 18.6 Å². The predicted molar refractivity (Wildman–Crippen MR) is 78.0 cm³/mol. The first-order valence-corrected chi connectivity index (χ1v) is 7.83. The van der Waals surface area contributed by atoms with Gasteiger partial charge < -0.3 is 10.1 Å². The lowest BCUT2D eigenvalue weighted by atomic mass is 9.81. The van der Waals surface area contributed by atoms with E-state index >= 15 is 0 Å². The van der Waals surface area contributed by atoms with Crippen molar-refractivity contribution in [3.63, 3.8) is 0 Å². The second kappa shape index (κ2) is 5.88. The number of nitrogens with one attached hydrogen (secondary N) is 1. The molecule has 19 heavy (non-hydrogen) atoms. The zero-order valence-corrected chi connectivity index (χ0v) is 12.0. The standard InChI is InChI=1S/C11H15NO.C4H5NS/c1-2-4-10-8(3-1)9-5-6-12-7-11(9)13-10;1-4-5-2-3-6-4/h1-2,4,8-9,11-12H,3,5-7H2;2-3H,1H3. The molecule has 1 aromatic rings. The number of aromatic nitrogens is 1. The second-order valence-corrected chi connectivity index (χ2v) is 6.30. The molecule has 3 atom stereocenters. The van der Waals surface area contributed by atoms with Gasteiger partial charge in [0.15, 0.2) is 0 Å². The Hall–Kier alpha value is -1.13. The highest BCUT2D eigenvalue weighted by Gasteiger charge is 2.42. The van der Waals surface area contributed by atoms with E-state index in [-0.39, 0.29) is 0 Å². The fourth-order valence-electron chi connectivity index (χ4n) is 3.05. The number of rotatable bonds is 0. The molecule has 1 aliphatic carbocycles. The highest BCUT2D eigenvalue weighted by Crippen LogP contribution is 2.42. The van der Waals surface area contributed by atoms with Crippen molar-refractivity contribution in [1.82, 2.24) is 10.3 Å². The van der Waals surface area contributed by atoms with Crippen LogP contribution in [-0.4, -0.2) is 24.2 Å². The van der Waals surface area contributed by atoms with E-state index in [1.54, 1.807) is 17.5 Å². The van der Waals surface area contributed by atoms with Gasteiger partial charge in [-0.05, 0) is 32.4 Å². The molecule has 2 fully saturated rings. The molecular formula is C15H20N2OS. The van der Waals surface area contributed by atoms with Crippen LogP contribution in [0.1, 0.15) is 17.8 Å².